The van der Waals surface area contributed by atoms with Gasteiger partial charge in [0.05, 0.1) is 16.4 Å². The van der Waals surface area contributed by atoms with Crippen LogP contribution in [0.2, 0.25) is 5.02 Å². The number of hydrogen-bond acceptors (Lipinski definition) is 9. The Labute approximate surface area is 237 Å². The van der Waals surface area contributed by atoms with Gasteiger partial charge in [0, 0.05) is 52.3 Å². The second-order valence-electron chi connectivity index (χ2n) is 8.91. The van der Waals surface area contributed by atoms with Crippen molar-refractivity contribution in [3.8, 4) is 11.5 Å². The number of ether oxygens (including phenoxy) is 1. The summed E-state index contributed by atoms with van der Waals surface area (Å²) in [5.74, 6) is 1.61. The van der Waals surface area contributed by atoms with Crippen LogP contribution in [0, 0.1) is 6.92 Å². The van der Waals surface area contributed by atoms with Gasteiger partial charge in [-0.15, -0.1) is 23.1 Å². The molecule has 7 nitrogen and oxygen atoms in total. The van der Waals surface area contributed by atoms with E-state index < -0.39 is 0 Å². The number of nitrogens with one attached hydrogen (secondary N) is 2. The van der Waals surface area contributed by atoms with Crippen LogP contribution in [0.1, 0.15) is 29.1 Å². The number of nitrogens with zero attached hydrogens (tertiary/aromatic N) is 4. The molecule has 3 heterocycles. The first-order chi connectivity index (χ1) is 18.3. The summed E-state index contributed by atoms with van der Waals surface area (Å²) in [5.41, 5.74) is 3.64. The molecule has 1 aromatic carbocycles. The number of aryl methyl sites for hydroxylation is 1. The molecule has 38 heavy (non-hydrogen) atoms. The maximum absolute atomic E-state index is 6.57. The fourth-order valence-electron chi connectivity index (χ4n) is 3.48. The number of likely N-dealkylation sites (N-methyl/N-ethyl adjacent to an activating group) is 1. The van der Waals surface area contributed by atoms with Crippen molar-refractivity contribution in [2.75, 3.05) is 32.5 Å². The van der Waals surface area contributed by atoms with Crippen LogP contribution in [0.3, 0.4) is 0 Å². The molecule has 0 aliphatic heterocycles. The van der Waals surface area contributed by atoms with Crippen molar-refractivity contribution >= 4 is 51.3 Å². The Morgan fingerprint density at radius 3 is 2.74 bits per heavy atom. The normalized spacial score (nSPS) is 11.8. The lowest BCUT2D eigenvalue weighted by atomic mass is 10.1. The molecule has 4 aromatic rings. The Hall–Kier alpha value is -3.11. The van der Waals surface area contributed by atoms with E-state index in [0.29, 0.717) is 22.3 Å². The van der Waals surface area contributed by atoms with E-state index in [-0.39, 0.29) is 5.25 Å². The van der Waals surface area contributed by atoms with Crippen LogP contribution < -0.4 is 15.4 Å². The zero-order chi connectivity index (χ0) is 27.1. The predicted octanol–water partition coefficient (Wildman–Crippen LogP) is 7.41. The van der Waals surface area contributed by atoms with Gasteiger partial charge >= 0.3 is 0 Å². The number of hydrogen-bond donors (Lipinski definition) is 2. The molecule has 0 saturated heterocycles. The molecular formula is C28H31ClN6OS2. The van der Waals surface area contributed by atoms with Crippen LogP contribution in [0.5, 0.6) is 11.5 Å². The summed E-state index contributed by atoms with van der Waals surface area (Å²) >= 11 is 9.74. The number of pyridine rings is 2. The molecular weight excluding hydrogens is 536 g/mol. The van der Waals surface area contributed by atoms with Crippen LogP contribution in [0.4, 0.5) is 10.9 Å². The lowest BCUT2D eigenvalue weighted by Crippen LogP contribution is -2.25. The highest BCUT2D eigenvalue weighted by Crippen LogP contribution is 2.40. The third-order valence-corrected chi connectivity index (χ3v) is 7.76. The first kappa shape index (κ1) is 27.9. The lowest BCUT2D eigenvalue weighted by molar-refractivity contribution is 0.411. The van der Waals surface area contributed by atoms with Crippen LogP contribution in [-0.2, 0) is 0 Å². The molecule has 10 heteroatoms. The van der Waals surface area contributed by atoms with Gasteiger partial charge in [-0.3, -0.25) is 4.98 Å². The van der Waals surface area contributed by atoms with Crippen molar-refractivity contribution in [2.24, 2.45) is 0 Å². The first-order valence-corrected chi connectivity index (χ1v) is 14.2. The van der Waals surface area contributed by atoms with Crippen LogP contribution in [0.25, 0.3) is 5.70 Å². The van der Waals surface area contributed by atoms with Gasteiger partial charge in [0.1, 0.15) is 5.75 Å². The molecule has 2 N–H and O–H groups in total. The zero-order valence-electron chi connectivity index (χ0n) is 21.9. The second-order valence-corrected chi connectivity index (χ2v) is 11.6. The molecule has 1 unspecified atom stereocenters. The van der Waals surface area contributed by atoms with Crippen LogP contribution >= 0.6 is 34.7 Å². The molecule has 0 aliphatic carbocycles. The molecule has 0 radical (unpaired) electrons. The predicted molar refractivity (Wildman–Crippen MR) is 160 cm³/mol. The average molecular weight is 567 g/mol. The average Bonchev–Trinajstić information content (AvgIpc) is 3.31. The van der Waals surface area contributed by atoms with Crippen molar-refractivity contribution in [1.82, 2.24) is 25.2 Å². The number of rotatable bonds is 12. The summed E-state index contributed by atoms with van der Waals surface area (Å²) in [6, 6.07) is 13.5. The quantitative estimate of drug-likeness (QED) is 0.172. The summed E-state index contributed by atoms with van der Waals surface area (Å²) in [4.78, 5) is 16.7. The molecule has 0 bridgehead atoms. The Kier molecular flexibility index (Phi) is 9.63. The molecule has 0 spiro atoms. The highest BCUT2D eigenvalue weighted by Gasteiger charge is 2.16. The molecule has 0 amide bonds. The van der Waals surface area contributed by atoms with Gasteiger partial charge in [0.25, 0.3) is 0 Å². The van der Waals surface area contributed by atoms with Crippen molar-refractivity contribution in [3.05, 3.63) is 88.8 Å². The van der Waals surface area contributed by atoms with Crippen LogP contribution in [0.15, 0.2) is 71.7 Å². The van der Waals surface area contributed by atoms with E-state index in [2.05, 4.69) is 44.0 Å². The van der Waals surface area contributed by atoms with Crippen molar-refractivity contribution < 1.29 is 4.74 Å². The maximum atomic E-state index is 6.57. The van der Waals surface area contributed by atoms with Gasteiger partial charge in [0.15, 0.2) is 16.7 Å². The van der Waals surface area contributed by atoms with Gasteiger partial charge in [-0.05, 0) is 58.3 Å². The zero-order valence-corrected chi connectivity index (χ0v) is 24.3. The van der Waals surface area contributed by atoms with Crippen molar-refractivity contribution in [3.63, 3.8) is 0 Å². The monoisotopic (exact) mass is 566 g/mol. The number of benzene rings is 1. The molecule has 4 rings (SSSR count). The maximum Gasteiger partial charge on any atom is 0.188 e. The number of anilines is 2. The van der Waals surface area contributed by atoms with E-state index in [0.717, 1.165) is 45.8 Å². The third kappa shape index (κ3) is 7.70. The summed E-state index contributed by atoms with van der Waals surface area (Å²) in [6.07, 6.45) is 3.63. The minimum atomic E-state index is 0.134. The molecule has 3 aromatic heterocycles. The number of thioether (sulfide) groups is 1. The van der Waals surface area contributed by atoms with Crippen molar-refractivity contribution in [1.29, 1.82) is 0 Å². The fraction of sp³-hybridized carbons (Fsp3) is 0.250. The van der Waals surface area contributed by atoms with Crippen LogP contribution in [-0.4, -0.2) is 47.0 Å². The molecule has 0 saturated carbocycles. The van der Waals surface area contributed by atoms with E-state index in [1.807, 2.05) is 75.1 Å². The molecule has 198 valence electrons. The largest absolute Gasteiger partial charge is 0.452 e. The number of halogens is 1. The Morgan fingerprint density at radius 1 is 1.18 bits per heavy atom. The molecule has 0 aliphatic rings. The minimum Gasteiger partial charge on any atom is -0.452 e. The van der Waals surface area contributed by atoms with Gasteiger partial charge in [0.2, 0.25) is 0 Å². The highest BCUT2D eigenvalue weighted by molar-refractivity contribution is 7.99. The van der Waals surface area contributed by atoms with E-state index in [1.54, 1.807) is 18.0 Å². The Balaban J connectivity index is 1.60. The van der Waals surface area contributed by atoms with E-state index in [9.17, 15) is 0 Å². The summed E-state index contributed by atoms with van der Waals surface area (Å²) in [7, 11) is 4.07. The van der Waals surface area contributed by atoms with E-state index >= 15 is 0 Å². The van der Waals surface area contributed by atoms with Gasteiger partial charge in [-0.1, -0.05) is 30.3 Å². The summed E-state index contributed by atoms with van der Waals surface area (Å²) in [6.45, 7) is 9.93. The molecule has 0 fully saturated rings. The summed E-state index contributed by atoms with van der Waals surface area (Å²) in [5, 5.41) is 10.00. The summed E-state index contributed by atoms with van der Waals surface area (Å²) < 4.78 is 6.39. The minimum absolute atomic E-state index is 0.134. The van der Waals surface area contributed by atoms with Gasteiger partial charge in [-0.2, -0.15) is 0 Å². The third-order valence-electron chi connectivity index (χ3n) is 5.49. The van der Waals surface area contributed by atoms with E-state index in [1.165, 1.54) is 11.3 Å². The standard InChI is InChI=1S/C28H31ClN6OS2/c1-18-17-37-28(33-18)34-27-26(15-22(16-32-27)38-20(3)24-8-6-7-11-31-24)36-25-14-21(9-10-23(25)29)19(2)30-12-13-35(4)5/h6-11,14-17,20,30H,2,12-13H2,1,3-5H3,(H,32,33,34). The molecule has 1 atom stereocenters. The Bertz CT molecular complexity index is 1380. The number of aromatic nitrogens is 3. The lowest BCUT2D eigenvalue weighted by Gasteiger charge is -2.17. The van der Waals surface area contributed by atoms with Gasteiger partial charge < -0.3 is 20.3 Å². The Morgan fingerprint density at radius 2 is 2.03 bits per heavy atom. The first-order valence-electron chi connectivity index (χ1n) is 12.1. The van der Waals surface area contributed by atoms with Crippen molar-refractivity contribution in [2.45, 2.75) is 24.0 Å². The van der Waals surface area contributed by atoms with E-state index in [4.69, 9.17) is 16.3 Å². The fourth-order valence-corrected chi connectivity index (χ4v) is 5.28. The van der Waals surface area contributed by atoms with Gasteiger partial charge in [-0.25, -0.2) is 9.97 Å². The topological polar surface area (TPSA) is 75.2 Å². The second kappa shape index (κ2) is 13.1. The SMILES string of the molecule is C=C(NCCN(C)C)c1ccc(Cl)c(Oc2cc(SC(C)c3ccccn3)cnc2Nc2nc(C)cs2)c1. The smallest absolute Gasteiger partial charge is 0.188 e. The highest BCUT2D eigenvalue weighted by atomic mass is 35.5. The number of thiazole rings is 1.